The fourth-order valence-electron chi connectivity index (χ4n) is 2.62. The minimum atomic E-state index is -0.543. The third kappa shape index (κ3) is 3.26. The van der Waals surface area contributed by atoms with E-state index in [4.69, 9.17) is 0 Å². The topological polar surface area (TPSA) is 49.4 Å². The molecule has 1 N–H and O–H groups in total. The van der Waals surface area contributed by atoms with Crippen LogP contribution in [0.1, 0.15) is 37.8 Å². The van der Waals surface area contributed by atoms with Gasteiger partial charge in [-0.25, -0.2) is 0 Å². The number of carbonyl (C=O) groups is 2. The number of aryl methyl sites for hydroxylation is 2. The highest BCUT2D eigenvalue weighted by atomic mass is 16.2. The highest BCUT2D eigenvalue weighted by Crippen LogP contribution is 2.29. The van der Waals surface area contributed by atoms with Crippen LogP contribution in [0.5, 0.6) is 0 Å². The summed E-state index contributed by atoms with van der Waals surface area (Å²) in [6.45, 7) is 8.59. The molecule has 4 heteroatoms. The smallest absolute Gasteiger partial charge is 0.239 e. The van der Waals surface area contributed by atoms with E-state index in [2.05, 4.69) is 5.32 Å². The first-order chi connectivity index (χ1) is 9.93. The first-order valence-electron chi connectivity index (χ1n) is 7.63. The largest absolute Gasteiger partial charge is 0.353 e. The molecule has 1 aliphatic heterocycles. The number of hydrogen-bond acceptors (Lipinski definition) is 2. The van der Waals surface area contributed by atoms with Crippen LogP contribution in [0.2, 0.25) is 0 Å². The summed E-state index contributed by atoms with van der Waals surface area (Å²) in [4.78, 5) is 26.5. The molecule has 1 aromatic rings. The summed E-state index contributed by atoms with van der Waals surface area (Å²) >= 11 is 0. The van der Waals surface area contributed by atoms with Crippen LogP contribution >= 0.6 is 0 Å². The monoisotopic (exact) mass is 288 g/mol. The predicted molar refractivity (Wildman–Crippen MR) is 84.3 cm³/mol. The summed E-state index contributed by atoms with van der Waals surface area (Å²) in [5.74, 6) is -0.759. The molecule has 0 spiro atoms. The van der Waals surface area contributed by atoms with Crippen molar-refractivity contribution in [1.29, 1.82) is 0 Å². The molecule has 0 unspecified atom stereocenters. The number of nitrogens with one attached hydrogen (secondary N) is 1. The summed E-state index contributed by atoms with van der Waals surface area (Å²) in [5.41, 5.74) is 3.12. The van der Waals surface area contributed by atoms with Gasteiger partial charge in [-0.2, -0.15) is 0 Å². The van der Waals surface area contributed by atoms with Crippen molar-refractivity contribution in [1.82, 2.24) is 5.32 Å². The summed E-state index contributed by atoms with van der Waals surface area (Å²) < 4.78 is 0. The molecule has 21 heavy (non-hydrogen) atoms. The number of anilines is 1. The Hall–Kier alpha value is -1.84. The van der Waals surface area contributed by atoms with E-state index in [0.29, 0.717) is 13.0 Å². The van der Waals surface area contributed by atoms with E-state index in [1.165, 1.54) is 0 Å². The molecular formula is C17H24N2O2. The lowest BCUT2D eigenvalue weighted by atomic mass is 10.1. The van der Waals surface area contributed by atoms with Gasteiger partial charge in [-0.3, -0.25) is 9.59 Å². The molecule has 2 rings (SSSR count). The van der Waals surface area contributed by atoms with E-state index >= 15 is 0 Å². The molecule has 0 aromatic heterocycles. The SMILES string of the molecule is CC[C@H](C)NC(=O)[C@H]1CCN(c2cc(C)ccc2C)C1=O. The molecule has 1 heterocycles. The average Bonchev–Trinajstić information content (AvgIpc) is 2.83. The Morgan fingerprint density at radius 3 is 2.81 bits per heavy atom. The van der Waals surface area contributed by atoms with Gasteiger partial charge < -0.3 is 10.2 Å². The third-order valence-corrected chi connectivity index (χ3v) is 4.18. The molecule has 2 amide bonds. The highest BCUT2D eigenvalue weighted by Gasteiger charge is 2.38. The molecule has 1 saturated heterocycles. The van der Waals surface area contributed by atoms with Crippen molar-refractivity contribution < 1.29 is 9.59 Å². The molecule has 1 aliphatic rings. The molecule has 0 radical (unpaired) electrons. The Balaban J connectivity index is 2.14. The second-order valence-electron chi connectivity index (χ2n) is 5.94. The van der Waals surface area contributed by atoms with E-state index in [9.17, 15) is 9.59 Å². The maximum Gasteiger partial charge on any atom is 0.239 e. The number of benzene rings is 1. The number of amides is 2. The van der Waals surface area contributed by atoms with Crippen LogP contribution in [0, 0.1) is 19.8 Å². The van der Waals surface area contributed by atoms with Gasteiger partial charge in [0.15, 0.2) is 0 Å². The van der Waals surface area contributed by atoms with E-state index in [1.807, 2.05) is 45.9 Å². The zero-order chi connectivity index (χ0) is 15.6. The first kappa shape index (κ1) is 15.5. The summed E-state index contributed by atoms with van der Waals surface area (Å²) in [6, 6.07) is 6.18. The Morgan fingerprint density at radius 2 is 2.14 bits per heavy atom. The lowest BCUT2D eigenvalue weighted by Crippen LogP contribution is -2.40. The maximum atomic E-state index is 12.5. The predicted octanol–water partition coefficient (Wildman–Crippen LogP) is 2.57. The summed E-state index contributed by atoms with van der Waals surface area (Å²) in [7, 11) is 0. The molecule has 0 aliphatic carbocycles. The van der Waals surface area contributed by atoms with Crippen molar-refractivity contribution in [2.24, 2.45) is 5.92 Å². The lowest BCUT2D eigenvalue weighted by molar-refractivity contribution is -0.132. The first-order valence-corrected chi connectivity index (χ1v) is 7.63. The molecule has 0 saturated carbocycles. The van der Waals surface area contributed by atoms with Crippen LogP contribution in [-0.4, -0.2) is 24.4 Å². The van der Waals surface area contributed by atoms with Crippen molar-refractivity contribution in [2.75, 3.05) is 11.4 Å². The molecule has 1 fully saturated rings. The second kappa shape index (κ2) is 6.29. The maximum absolute atomic E-state index is 12.5. The average molecular weight is 288 g/mol. The Bertz CT molecular complexity index is 554. The second-order valence-corrected chi connectivity index (χ2v) is 5.94. The summed E-state index contributed by atoms with van der Waals surface area (Å²) in [6.07, 6.45) is 1.46. The fraction of sp³-hybridized carbons (Fsp3) is 0.529. The number of nitrogens with zero attached hydrogens (tertiary/aromatic N) is 1. The van der Waals surface area contributed by atoms with Gasteiger partial charge in [-0.15, -0.1) is 0 Å². The lowest BCUT2D eigenvalue weighted by Gasteiger charge is -2.20. The minimum Gasteiger partial charge on any atom is -0.353 e. The van der Waals surface area contributed by atoms with Crippen LogP contribution in [0.25, 0.3) is 0 Å². The van der Waals surface area contributed by atoms with Crippen LogP contribution < -0.4 is 10.2 Å². The van der Waals surface area contributed by atoms with Gasteiger partial charge in [0.2, 0.25) is 11.8 Å². The van der Waals surface area contributed by atoms with Gasteiger partial charge >= 0.3 is 0 Å². The van der Waals surface area contributed by atoms with Crippen molar-refractivity contribution in [3.63, 3.8) is 0 Å². The molecule has 114 valence electrons. The standard InChI is InChI=1S/C17H24N2O2/c1-5-13(4)18-16(20)14-8-9-19(17(14)21)15-10-11(2)6-7-12(15)3/h6-7,10,13-14H,5,8-9H2,1-4H3,(H,18,20)/t13-,14+/m0/s1. The number of rotatable bonds is 4. The molecular weight excluding hydrogens is 264 g/mol. The van der Waals surface area contributed by atoms with Crippen molar-refractivity contribution in [2.45, 2.75) is 46.6 Å². The van der Waals surface area contributed by atoms with Crippen LogP contribution in [0.3, 0.4) is 0 Å². The Morgan fingerprint density at radius 1 is 1.43 bits per heavy atom. The van der Waals surface area contributed by atoms with E-state index in [0.717, 1.165) is 23.2 Å². The Labute approximate surface area is 126 Å². The van der Waals surface area contributed by atoms with Crippen molar-refractivity contribution >= 4 is 17.5 Å². The van der Waals surface area contributed by atoms with E-state index in [-0.39, 0.29) is 17.9 Å². The molecule has 2 atom stereocenters. The molecule has 4 nitrogen and oxygen atoms in total. The van der Waals surface area contributed by atoms with Gasteiger partial charge in [-0.1, -0.05) is 19.1 Å². The normalized spacial score (nSPS) is 19.7. The van der Waals surface area contributed by atoms with E-state index in [1.54, 1.807) is 4.90 Å². The van der Waals surface area contributed by atoms with Gasteiger partial charge in [0.25, 0.3) is 0 Å². The zero-order valence-corrected chi connectivity index (χ0v) is 13.3. The quantitative estimate of drug-likeness (QED) is 0.866. The highest BCUT2D eigenvalue weighted by molar-refractivity contribution is 6.10. The summed E-state index contributed by atoms with van der Waals surface area (Å²) in [5, 5.41) is 2.91. The van der Waals surface area contributed by atoms with Crippen LogP contribution in [0.4, 0.5) is 5.69 Å². The third-order valence-electron chi connectivity index (χ3n) is 4.18. The van der Waals surface area contributed by atoms with Crippen LogP contribution in [-0.2, 0) is 9.59 Å². The Kier molecular flexibility index (Phi) is 4.66. The molecule has 0 bridgehead atoms. The minimum absolute atomic E-state index is 0.0792. The van der Waals surface area contributed by atoms with Crippen molar-refractivity contribution in [3.05, 3.63) is 29.3 Å². The fourth-order valence-corrected chi connectivity index (χ4v) is 2.62. The van der Waals surface area contributed by atoms with E-state index < -0.39 is 5.92 Å². The number of carbonyl (C=O) groups excluding carboxylic acids is 2. The number of hydrogen-bond donors (Lipinski definition) is 1. The van der Waals surface area contributed by atoms with Gasteiger partial charge in [-0.05, 0) is 50.8 Å². The van der Waals surface area contributed by atoms with Crippen molar-refractivity contribution in [3.8, 4) is 0 Å². The van der Waals surface area contributed by atoms with Gasteiger partial charge in [0.05, 0.1) is 0 Å². The van der Waals surface area contributed by atoms with Gasteiger partial charge in [0, 0.05) is 18.3 Å². The van der Waals surface area contributed by atoms with Crippen LogP contribution in [0.15, 0.2) is 18.2 Å². The van der Waals surface area contributed by atoms with Gasteiger partial charge in [0.1, 0.15) is 5.92 Å². The zero-order valence-electron chi connectivity index (χ0n) is 13.3. The molecule has 1 aromatic carbocycles.